The van der Waals surface area contributed by atoms with Crippen LogP contribution in [0.4, 0.5) is 0 Å². The van der Waals surface area contributed by atoms with Gasteiger partial charge in [0.25, 0.3) is 5.91 Å². The van der Waals surface area contributed by atoms with Crippen LogP contribution in [0.15, 0.2) is 48.5 Å². The lowest BCUT2D eigenvalue weighted by molar-refractivity contribution is 0.0600. The maximum absolute atomic E-state index is 12.4. The predicted octanol–water partition coefficient (Wildman–Crippen LogP) is 2.96. The molecule has 2 aromatic carbocycles. The van der Waals surface area contributed by atoms with E-state index < -0.39 is 0 Å². The number of hydrogen-bond donors (Lipinski definition) is 1. The van der Waals surface area contributed by atoms with Gasteiger partial charge in [-0.25, -0.2) is 4.79 Å². The Morgan fingerprint density at radius 1 is 1.15 bits per heavy atom. The van der Waals surface area contributed by atoms with Crippen LogP contribution < -0.4 is 10.1 Å². The summed E-state index contributed by atoms with van der Waals surface area (Å²) in [6, 6.07) is 14.0. The zero-order valence-corrected chi connectivity index (χ0v) is 15.3. The van der Waals surface area contributed by atoms with Crippen molar-refractivity contribution in [3.05, 3.63) is 65.2 Å². The van der Waals surface area contributed by atoms with Crippen molar-refractivity contribution in [3.63, 3.8) is 0 Å². The number of nitrogens with one attached hydrogen (secondary N) is 1. The molecule has 1 fully saturated rings. The van der Waals surface area contributed by atoms with Crippen LogP contribution in [0.3, 0.4) is 0 Å². The molecule has 0 spiro atoms. The molecule has 6 nitrogen and oxygen atoms in total. The molecule has 1 atom stereocenters. The molecule has 27 heavy (non-hydrogen) atoms. The Bertz CT molecular complexity index is 781. The monoisotopic (exact) mass is 369 g/mol. The number of amides is 1. The van der Waals surface area contributed by atoms with Gasteiger partial charge >= 0.3 is 5.97 Å². The van der Waals surface area contributed by atoms with E-state index in [4.69, 9.17) is 9.47 Å². The second-order valence-electron chi connectivity index (χ2n) is 6.35. The first-order chi connectivity index (χ1) is 13.2. The Kier molecular flexibility index (Phi) is 6.44. The first-order valence-electron chi connectivity index (χ1n) is 8.95. The van der Waals surface area contributed by atoms with Crippen LogP contribution in [-0.4, -0.2) is 38.3 Å². The number of esters is 1. The molecule has 1 heterocycles. The summed E-state index contributed by atoms with van der Waals surface area (Å²) in [5.74, 6) is 0.0839. The highest BCUT2D eigenvalue weighted by Gasteiger charge is 2.16. The van der Waals surface area contributed by atoms with Gasteiger partial charge in [-0.2, -0.15) is 0 Å². The highest BCUT2D eigenvalue weighted by Crippen LogP contribution is 2.17. The third-order valence-electron chi connectivity index (χ3n) is 4.38. The van der Waals surface area contributed by atoms with E-state index in [0.29, 0.717) is 30.0 Å². The highest BCUT2D eigenvalue weighted by atomic mass is 16.5. The van der Waals surface area contributed by atoms with Gasteiger partial charge in [0, 0.05) is 18.7 Å². The molecule has 0 aliphatic carbocycles. The Hall–Kier alpha value is -2.86. The fourth-order valence-corrected chi connectivity index (χ4v) is 2.85. The van der Waals surface area contributed by atoms with E-state index in [1.165, 1.54) is 7.11 Å². The molecule has 0 bridgehead atoms. The molecule has 1 aliphatic heterocycles. The highest BCUT2D eigenvalue weighted by molar-refractivity contribution is 5.94. The fourth-order valence-electron chi connectivity index (χ4n) is 2.85. The average molecular weight is 369 g/mol. The van der Waals surface area contributed by atoms with Gasteiger partial charge in [-0.15, -0.1) is 0 Å². The van der Waals surface area contributed by atoms with Crippen LogP contribution in [-0.2, 0) is 16.0 Å². The zero-order chi connectivity index (χ0) is 19.1. The van der Waals surface area contributed by atoms with Crippen molar-refractivity contribution >= 4 is 11.9 Å². The van der Waals surface area contributed by atoms with Gasteiger partial charge in [-0.05, 0) is 48.7 Å². The molecule has 1 N–H and O–H groups in total. The predicted molar refractivity (Wildman–Crippen MR) is 99.9 cm³/mol. The number of carbonyl (C=O) groups excluding carboxylic acids is 2. The van der Waals surface area contributed by atoms with Crippen molar-refractivity contribution in [1.82, 2.24) is 5.32 Å². The minimum absolute atomic E-state index is 0.135. The molecule has 1 aliphatic rings. The van der Waals surface area contributed by atoms with Crippen LogP contribution >= 0.6 is 0 Å². The first kappa shape index (κ1) is 18.9. The van der Waals surface area contributed by atoms with Crippen LogP contribution in [0.2, 0.25) is 0 Å². The molecule has 6 heteroatoms. The summed E-state index contributed by atoms with van der Waals surface area (Å²) >= 11 is 0. The standard InChI is InChI=1S/C21H23NO5/c1-25-21(24)16-9-7-15(8-10-16)13-22-20(23)17-4-2-5-18(12-17)27-14-19-6-3-11-26-19/h2,4-5,7-10,12,19H,3,6,11,13-14H2,1H3,(H,22,23)/t19-/m0/s1. The molecule has 0 aromatic heterocycles. The van der Waals surface area contributed by atoms with E-state index >= 15 is 0 Å². The lowest BCUT2D eigenvalue weighted by atomic mass is 10.1. The molecule has 142 valence electrons. The third kappa shape index (κ3) is 5.31. The molecular weight excluding hydrogens is 346 g/mol. The first-order valence-corrected chi connectivity index (χ1v) is 8.95. The van der Waals surface area contributed by atoms with Gasteiger partial charge in [0.2, 0.25) is 0 Å². The quantitative estimate of drug-likeness (QED) is 0.760. The number of hydrogen-bond acceptors (Lipinski definition) is 5. The van der Waals surface area contributed by atoms with Crippen molar-refractivity contribution < 1.29 is 23.8 Å². The summed E-state index contributed by atoms with van der Waals surface area (Å²) in [7, 11) is 1.34. The third-order valence-corrected chi connectivity index (χ3v) is 4.38. The topological polar surface area (TPSA) is 73.9 Å². The van der Waals surface area contributed by atoms with E-state index in [1.807, 2.05) is 6.07 Å². The maximum atomic E-state index is 12.4. The number of benzene rings is 2. The Morgan fingerprint density at radius 3 is 2.67 bits per heavy atom. The smallest absolute Gasteiger partial charge is 0.337 e. The SMILES string of the molecule is COC(=O)c1ccc(CNC(=O)c2cccc(OC[C@@H]3CCCO3)c2)cc1. The summed E-state index contributed by atoms with van der Waals surface area (Å²) in [6.07, 6.45) is 2.21. The van der Waals surface area contributed by atoms with Crippen LogP contribution in [0.25, 0.3) is 0 Å². The van der Waals surface area contributed by atoms with Crippen molar-refractivity contribution in [2.24, 2.45) is 0 Å². The van der Waals surface area contributed by atoms with Gasteiger partial charge in [0.05, 0.1) is 18.8 Å². The lowest BCUT2D eigenvalue weighted by Crippen LogP contribution is -2.23. The zero-order valence-electron chi connectivity index (χ0n) is 15.3. The molecule has 0 unspecified atom stereocenters. The average Bonchev–Trinajstić information content (AvgIpc) is 3.24. The van der Waals surface area contributed by atoms with Crippen LogP contribution in [0, 0.1) is 0 Å². The molecule has 0 saturated carbocycles. The number of ether oxygens (including phenoxy) is 3. The van der Waals surface area contributed by atoms with Crippen LogP contribution in [0.1, 0.15) is 39.1 Å². The molecular formula is C21H23NO5. The van der Waals surface area contributed by atoms with Gasteiger partial charge < -0.3 is 19.5 Å². The normalized spacial score (nSPS) is 16.0. The summed E-state index contributed by atoms with van der Waals surface area (Å²) in [4.78, 5) is 23.8. The number of carbonyl (C=O) groups is 2. The summed E-state index contributed by atoms with van der Waals surface area (Å²) in [6.45, 7) is 1.65. The summed E-state index contributed by atoms with van der Waals surface area (Å²) < 4.78 is 15.9. The Labute approximate surface area is 158 Å². The van der Waals surface area contributed by atoms with E-state index in [9.17, 15) is 9.59 Å². The fraction of sp³-hybridized carbons (Fsp3) is 0.333. The minimum atomic E-state index is -0.384. The maximum Gasteiger partial charge on any atom is 0.337 e. The van der Waals surface area contributed by atoms with E-state index in [1.54, 1.807) is 42.5 Å². The van der Waals surface area contributed by atoms with Gasteiger partial charge in [-0.1, -0.05) is 18.2 Å². The molecule has 1 amide bonds. The van der Waals surface area contributed by atoms with E-state index in [-0.39, 0.29) is 18.0 Å². The van der Waals surface area contributed by atoms with Gasteiger partial charge in [0.1, 0.15) is 12.4 Å². The van der Waals surface area contributed by atoms with Gasteiger partial charge in [0.15, 0.2) is 0 Å². The summed E-state index contributed by atoms with van der Waals surface area (Å²) in [5.41, 5.74) is 1.90. The van der Waals surface area contributed by atoms with Crippen LogP contribution in [0.5, 0.6) is 5.75 Å². The molecule has 0 radical (unpaired) electrons. The largest absolute Gasteiger partial charge is 0.491 e. The molecule has 1 saturated heterocycles. The van der Waals surface area contributed by atoms with Crippen molar-refractivity contribution in [2.75, 3.05) is 20.3 Å². The molecule has 2 aromatic rings. The van der Waals surface area contributed by atoms with Crippen molar-refractivity contribution in [1.29, 1.82) is 0 Å². The second-order valence-corrected chi connectivity index (χ2v) is 6.35. The Morgan fingerprint density at radius 2 is 1.96 bits per heavy atom. The van der Waals surface area contributed by atoms with Crippen molar-refractivity contribution in [3.8, 4) is 5.75 Å². The number of methoxy groups -OCH3 is 1. The summed E-state index contributed by atoms with van der Waals surface area (Å²) in [5, 5.41) is 2.87. The number of rotatable bonds is 7. The van der Waals surface area contributed by atoms with Crippen molar-refractivity contribution in [2.45, 2.75) is 25.5 Å². The Balaban J connectivity index is 1.52. The van der Waals surface area contributed by atoms with E-state index in [2.05, 4.69) is 10.1 Å². The second kappa shape index (κ2) is 9.19. The van der Waals surface area contributed by atoms with E-state index in [0.717, 1.165) is 25.0 Å². The van der Waals surface area contributed by atoms with Gasteiger partial charge in [-0.3, -0.25) is 4.79 Å². The minimum Gasteiger partial charge on any atom is -0.491 e. The molecule has 3 rings (SSSR count). The lowest BCUT2D eigenvalue weighted by Gasteiger charge is -2.12.